The number of aromatic nitrogens is 2. The molecule has 18 heavy (non-hydrogen) atoms. The largest absolute Gasteiger partial charge is 0.439 e. The van der Waals surface area contributed by atoms with Crippen LogP contribution >= 0.6 is 15.9 Å². The standard InChI is InChI=1S/C14H15BrN2O/c1-4-12-8-14(17-10(3)16-12)18-13-6-5-11(15)7-9(13)2/h5-8H,4H2,1-3H3. The first-order valence-corrected chi connectivity index (χ1v) is 6.66. The Morgan fingerprint density at radius 3 is 2.61 bits per heavy atom. The van der Waals surface area contributed by atoms with Gasteiger partial charge in [0.2, 0.25) is 5.88 Å². The Labute approximate surface area is 115 Å². The Kier molecular flexibility index (Phi) is 3.97. The lowest BCUT2D eigenvalue weighted by Crippen LogP contribution is -1.98. The molecule has 0 spiro atoms. The predicted molar refractivity (Wildman–Crippen MR) is 75.1 cm³/mol. The number of aryl methyl sites for hydroxylation is 3. The van der Waals surface area contributed by atoms with Crippen LogP contribution in [0.3, 0.4) is 0 Å². The van der Waals surface area contributed by atoms with Crippen LogP contribution < -0.4 is 4.74 Å². The molecule has 1 heterocycles. The van der Waals surface area contributed by atoms with Gasteiger partial charge in [0.15, 0.2) is 0 Å². The zero-order chi connectivity index (χ0) is 13.1. The number of ether oxygens (including phenoxy) is 1. The lowest BCUT2D eigenvalue weighted by molar-refractivity contribution is 0.455. The molecule has 1 aromatic heterocycles. The molecule has 0 bridgehead atoms. The number of nitrogens with zero attached hydrogens (tertiary/aromatic N) is 2. The van der Waals surface area contributed by atoms with Crippen LogP contribution in [-0.4, -0.2) is 9.97 Å². The van der Waals surface area contributed by atoms with Crippen LogP contribution in [-0.2, 0) is 6.42 Å². The first-order valence-electron chi connectivity index (χ1n) is 5.87. The zero-order valence-corrected chi connectivity index (χ0v) is 12.3. The molecule has 0 aliphatic carbocycles. The topological polar surface area (TPSA) is 35.0 Å². The van der Waals surface area contributed by atoms with E-state index in [1.54, 1.807) is 0 Å². The third kappa shape index (κ3) is 3.07. The monoisotopic (exact) mass is 306 g/mol. The first-order chi connectivity index (χ1) is 8.58. The zero-order valence-electron chi connectivity index (χ0n) is 10.7. The van der Waals surface area contributed by atoms with Gasteiger partial charge in [0, 0.05) is 16.2 Å². The highest BCUT2D eigenvalue weighted by molar-refractivity contribution is 9.10. The van der Waals surface area contributed by atoms with Gasteiger partial charge in [-0.15, -0.1) is 0 Å². The second kappa shape index (κ2) is 5.48. The highest BCUT2D eigenvalue weighted by atomic mass is 79.9. The SMILES string of the molecule is CCc1cc(Oc2ccc(Br)cc2C)nc(C)n1. The van der Waals surface area contributed by atoms with E-state index in [0.29, 0.717) is 5.88 Å². The average Bonchev–Trinajstić information content (AvgIpc) is 2.32. The minimum Gasteiger partial charge on any atom is -0.439 e. The van der Waals surface area contributed by atoms with Crippen molar-refractivity contribution in [1.29, 1.82) is 0 Å². The molecule has 0 aliphatic heterocycles. The minimum atomic E-state index is 0.602. The van der Waals surface area contributed by atoms with E-state index in [0.717, 1.165) is 33.7 Å². The Morgan fingerprint density at radius 2 is 1.94 bits per heavy atom. The van der Waals surface area contributed by atoms with Gasteiger partial charge in [-0.3, -0.25) is 0 Å². The molecular weight excluding hydrogens is 292 g/mol. The van der Waals surface area contributed by atoms with Crippen molar-refractivity contribution < 1.29 is 4.74 Å². The summed E-state index contributed by atoms with van der Waals surface area (Å²) in [5, 5.41) is 0. The van der Waals surface area contributed by atoms with Crippen molar-refractivity contribution >= 4 is 15.9 Å². The third-order valence-electron chi connectivity index (χ3n) is 2.58. The molecule has 4 heteroatoms. The summed E-state index contributed by atoms with van der Waals surface area (Å²) in [6.45, 7) is 5.95. The van der Waals surface area contributed by atoms with E-state index in [1.807, 2.05) is 38.1 Å². The van der Waals surface area contributed by atoms with Gasteiger partial charge in [-0.25, -0.2) is 4.98 Å². The van der Waals surface area contributed by atoms with Crippen molar-refractivity contribution in [2.45, 2.75) is 27.2 Å². The Hall–Kier alpha value is -1.42. The van der Waals surface area contributed by atoms with E-state index in [-0.39, 0.29) is 0 Å². The first kappa shape index (κ1) is 13.0. The van der Waals surface area contributed by atoms with Crippen molar-refractivity contribution in [1.82, 2.24) is 9.97 Å². The molecule has 0 radical (unpaired) electrons. The molecule has 0 saturated heterocycles. The van der Waals surface area contributed by atoms with Crippen LogP contribution in [0.2, 0.25) is 0 Å². The molecule has 0 fully saturated rings. The number of rotatable bonds is 3. The van der Waals surface area contributed by atoms with E-state index >= 15 is 0 Å². The normalized spacial score (nSPS) is 10.4. The molecule has 0 aliphatic rings. The Bertz CT molecular complexity index is 570. The molecule has 0 N–H and O–H groups in total. The fraction of sp³-hybridized carbons (Fsp3) is 0.286. The fourth-order valence-corrected chi connectivity index (χ4v) is 2.15. The third-order valence-corrected chi connectivity index (χ3v) is 3.07. The van der Waals surface area contributed by atoms with Crippen LogP contribution in [0, 0.1) is 13.8 Å². The molecular formula is C14H15BrN2O. The van der Waals surface area contributed by atoms with Crippen molar-refractivity contribution in [3.05, 3.63) is 45.8 Å². The van der Waals surface area contributed by atoms with Crippen molar-refractivity contribution in [3.8, 4) is 11.6 Å². The predicted octanol–water partition coefficient (Wildman–Crippen LogP) is 4.21. The molecule has 0 saturated carbocycles. The summed E-state index contributed by atoms with van der Waals surface area (Å²) in [7, 11) is 0. The quantitative estimate of drug-likeness (QED) is 0.852. The molecule has 0 amide bonds. The van der Waals surface area contributed by atoms with Gasteiger partial charge in [-0.1, -0.05) is 22.9 Å². The van der Waals surface area contributed by atoms with Crippen LogP contribution in [0.25, 0.3) is 0 Å². The average molecular weight is 307 g/mol. The van der Waals surface area contributed by atoms with Gasteiger partial charge >= 0.3 is 0 Å². The van der Waals surface area contributed by atoms with E-state index in [1.165, 1.54) is 0 Å². The molecule has 1 aromatic carbocycles. The summed E-state index contributed by atoms with van der Waals surface area (Å²) in [5.74, 6) is 2.15. The van der Waals surface area contributed by atoms with Crippen LogP contribution in [0.5, 0.6) is 11.6 Å². The van der Waals surface area contributed by atoms with Gasteiger partial charge < -0.3 is 4.74 Å². The van der Waals surface area contributed by atoms with Gasteiger partial charge in [0.25, 0.3) is 0 Å². The lowest BCUT2D eigenvalue weighted by Gasteiger charge is -2.09. The Morgan fingerprint density at radius 1 is 1.17 bits per heavy atom. The fourth-order valence-electron chi connectivity index (χ4n) is 1.67. The van der Waals surface area contributed by atoms with Crippen LogP contribution in [0.4, 0.5) is 0 Å². The summed E-state index contributed by atoms with van der Waals surface area (Å²) >= 11 is 3.43. The van der Waals surface area contributed by atoms with Crippen molar-refractivity contribution in [2.75, 3.05) is 0 Å². The van der Waals surface area contributed by atoms with Gasteiger partial charge in [0.1, 0.15) is 11.6 Å². The molecule has 2 rings (SSSR count). The van der Waals surface area contributed by atoms with Crippen LogP contribution in [0.1, 0.15) is 24.0 Å². The number of hydrogen-bond donors (Lipinski definition) is 0. The minimum absolute atomic E-state index is 0.602. The summed E-state index contributed by atoms with van der Waals surface area (Å²) in [6.07, 6.45) is 0.874. The van der Waals surface area contributed by atoms with E-state index in [4.69, 9.17) is 4.74 Å². The highest BCUT2D eigenvalue weighted by Gasteiger charge is 2.05. The lowest BCUT2D eigenvalue weighted by atomic mass is 10.2. The Balaban J connectivity index is 2.30. The molecule has 3 nitrogen and oxygen atoms in total. The molecule has 0 unspecified atom stereocenters. The van der Waals surface area contributed by atoms with E-state index in [2.05, 4.69) is 32.8 Å². The smallest absolute Gasteiger partial charge is 0.222 e. The maximum absolute atomic E-state index is 5.82. The van der Waals surface area contributed by atoms with Crippen LogP contribution in [0.15, 0.2) is 28.7 Å². The van der Waals surface area contributed by atoms with Crippen molar-refractivity contribution in [2.24, 2.45) is 0 Å². The summed E-state index contributed by atoms with van der Waals surface area (Å²) in [5.41, 5.74) is 2.06. The maximum atomic E-state index is 5.82. The summed E-state index contributed by atoms with van der Waals surface area (Å²) < 4.78 is 6.86. The summed E-state index contributed by atoms with van der Waals surface area (Å²) in [6, 6.07) is 7.79. The van der Waals surface area contributed by atoms with Gasteiger partial charge in [-0.05, 0) is 44.0 Å². The highest BCUT2D eigenvalue weighted by Crippen LogP contribution is 2.26. The van der Waals surface area contributed by atoms with Crippen molar-refractivity contribution in [3.63, 3.8) is 0 Å². The summed E-state index contributed by atoms with van der Waals surface area (Å²) in [4.78, 5) is 8.63. The van der Waals surface area contributed by atoms with Gasteiger partial charge in [-0.2, -0.15) is 4.98 Å². The second-order valence-electron chi connectivity index (χ2n) is 4.11. The number of benzene rings is 1. The maximum Gasteiger partial charge on any atom is 0.222 e. The second-order valence-corrected chi connectivity index (χ2v) is 5.03. The van der Waals surface area contributed by atoms with E-state index in [9.17, 15) is 0 Å². The molecule has 2 aromatic rings. The van der Waals surface area contributed by atoms with E-state index < -0.39 is 0 Å². The van der Waals surface area contributed by atoms with Gasteiger partial charge in [0.05, 0.1) is 0 Å². The number of hydrogen-bond acceptors (Lipinski definition) is 3. The molecule has 94 valence electrons. The number of halogens is 1. The molecule has 0 atom stereocenters.